The van der Waals surface area contributed by atoms with Crippen LogP contribution in [0.25, 0.3) is 0 Å². The van der Waals surface area contributed by atoms with Crippen LogP contribution >= 0.6 is 0 Å². The molecule has 0 aromatic heterocycles. The Bertz CT molecular complexity index is 633. The Morgan fingerprint density at radius 2 is 1.70 bits per heavy atom. The standard InChI is InChI=1S/C20H26N2O/c1-16(2)18-8-4-6-10-20(18)23-15-17-7-3-5-9-19(17)22-13-11-21-12-14-22/h3-10,16,21H,11-15H2,1-2H3. The largest absolute Gasteiger partial charge is 0.489 e. The van der Waals surface area contributed by atoms with Gasteiger partial charge in [-0.25, -0.2) is 0 Å². The van der Waals surface area contributed by atoms with Crippen LogP contribution in [-0.2, 0) is 6.61 Å². The number of piperazine rings is 1. The minimum absolute atomic E-state index is 0.467. The smallest absolute Gasteiger partial charge is 0.123 e. The fraction of sp³-hybridized carbons (Fsp3) is 0.400. The molecule has 0 radical (unpaired) electrons. The molecular formula is C20H26N2O. The van der Waals surface area contributed by atoms with Crippen molar-refractivity contribution in [2.45, 2.75) is 26.4 Å². The zero-order valence-corrected chi connectivity index (χ0v) is 14.1. The molecule has 1 heterocycles. The van der Waals surface area contributed by atoms with Crippen LogP contribution in [0.15, 0.2) is 48.5 Å². The molecule has 0 unspecified atom stereocenters. The van der Waals surface area contributed by atoms with Gasteiger partial charge in [-0.2, -0.15) is 0 Å². The third-order valence-electron chi connectivity index (χ3n) is 4.37. The van der Waals surface area contributed by atoms with Gasteiger partial charge in [-0.3, -0.25) is 0 Å². The van der Waals surface area contributed by atoms with E-state index in [2.05, 4.69) is 66.5 Å². The van der Waals surface area contributed by atoms with Crippen molar-refractivity contribution in [3.05, 3.63) is 59.7 Å². The lowest BCUT2D eigenvalue weighted by molar-refractivity contribution is 0.302. The quantitative estimate of drug-likeness (QED) is 0.909. The van der Waals surface area contributed by atoms with Crippen LogP contribution in [0.4, 0.5) is 5.69 Å². The molecule has 1 N–H and O–H groups in total. The van der Waals surface area contributed by atoms with Crippen LogP contribution in [0.5, 0.6) is 5.75 Å². The SMILES string of the molecule is CC(C)c1ccccc1OCc1ccccc1N1CCNCC1. The van der Waals surface area contributed by atoms with Crippen molar-refractivity contribution in [1.82, 2.24) is 5.32 Å². The van der Waals surface area contributed by atoms with Crippen molar-refractivity contribution in [1.29, 1.82) is 0 Å². The van der Waals surface area contributed by atoms with Crippen LogP contribution in [-0.4, -0.2) is 26.2 Å². The van der Waals surface area contributed by atoms with Gasteiger partial charge in [0.1, 0.15) is 12.4 Å². The second kappa shape index (κ2) is 7.51. The summed E-state index contributed by atoms with van der Waals surface area (Å²) in [4.78, 5) is 2.45. The van der Waals surface area contributed by atoms with Crippen molar-refractivity contribution in [3.63, 3.8) is 0 Å². The van der Waals surface area contributed by atoms with Gasteiger partial charge in [0.05, 0.1) is 0 Å². The zero-order chi connectivity index (χ0) is 16.1. The van der Waals surface area contributed by atoms with E-state index in [1.165, 1.54) is 16.8 Å². The first-order valence-corrected chi connectivity index (χ1v) is 8.51. The van der Waals surface area contributed by atoms with E-state index in [9.17, 15) is 0 Å². The molecule has 3 heteroatoms. The average molecular weight is 310 g/mol. The number of nitrogens with one attached hydrogen (secondary N) is 1. The van der Waals surface area contributed by atoms with Crippen LogP contribution < -0.4 is 15.0 Å². The topological polar surface area (TPSA) is 24.5 Å². The lowest BCUT2D eigenvalue weighted by Crippen LogP contribution is -2.43. The van der Waals surface area contributed by atoms with Crippen molar-refractivity contribution in [3.8, 4) is 5.75 Å². The molecule has 0 atom stereocenters. The maximum absolute atomic E-state index is 6.17. The first-order chi connectivity index (χ1) is 11.3. The molecule has 2 aromatic rings. The molecule has 0 spiro atoms. The van der Waals surface area contributed by atoms with Gasteiger partial charge in [0.25, 0.3) is 0 Å². The van der Waals surface area contributed by atoms with Crippen LogP contribution in [0.2, 0.25) is 0 Å². The normalized spacial score (nSPS) is 15.0. The van der Waals surface area contributed by atoms with Gasteiger partial charge in [-0.15, -0.1) is 0 Å². The fourth-order valence-corrected chi connectivity index (χ4v) is 3.09. The molecule has 1 aliphatic rings. The lowest BCUT2D eigenvalue weighted by atomic mass is 10.0. The molecule has 1 saturated heterocycles. The molecule has 2 aromatic carbocycles. The zero-order valence-electron chi connectivity index (χ0n) is 14.1. The summed E-state index contributed by atoms with van der Waals surface area (Å²) in [6, 6.07) is 16.9. The van der Waals surface area contributed by atoms with Crippen LogP contribution in [0.3, 0.4) is 0 Å². The molecule has 1 fully saturated rings. The van der Waals surface area contributed by atoms with E-state index in [1.54, 1.807) is 0 Å². The van der Waals surface area contributed by atoms with E-state index >= 15 is 0 Å². The van der Waals surface area contributed by atoms with E-state index in [0.29, 0.717) is 12.5 Å². The Kier molecular flexibility index (Phi) is 5.19. The van der Waals surface area contributed by atoms with E-state index in [0.717, 1.165) is 31.9 Å². The van der Waals surface area contributed by atoms with E-state index in [4.69, 9.17) is 4.74 Å². The Labute approximate surface area is 139 Å². The third kappa shape index (κ3) is 3.85. The number of benzene rings is 2. The second-order valence-electron chi connectivity index (χ2n) is 6.35. The summed E-state index contributed by atoms with van der Waals surface area (Å²) in [5.74, 6) is 1.47. The molecule has 0 bridgehead atoms. The Morgan fingerprint density at radius 1 is 1.00 bits per heavy atom. The van der Waals surface area contributed by atoms with Gasteiger partial charge in [-0.05, 0) is 23.6 Å². The van der Waals surface area contributed by atoms with Crippen molar-refractivity contribution >= 4 is 5.69 Å². The molecule has 0 saturated carbocycles. The second-order valence-corrected chi connectivity index (χ2v) is 6.35. The highest BCUT2D eigenvalue weighted by Gasteiger charge is 2.14. The van der Waals surface area contributed by atoms with Gasteiger partial charge in [0, 0.05) is 37.4 Å². The monoisotopic (exact) mass is 310 g/mol. The van der Waals surface area contributed by atoms with Crippen molar-refractivity contribution in [2.75, 3.05) is 31.1 Å². The number of hydrogen-bond acceptors (Lipinski definition) is 3. The Balaban J connectivity index is 1.76. The van der Waals surface area contributed by atoms with E-state index in [1.807, 2.05) is 6.07 Å². The van der Waals surface area contributed by atoms with Crippen LogP contribution in [0.1, 0.15) is 30.9 Å². The predicted octanol–water partition coefficient (Wildman–Crippen LogP) is 3.80. The molecule has 3 nitrogen and oxygen atoms in total. The molecule has 1 aliphatic heterocycles. The van der Waals surface area contributed by atoms with Gasteiger partial charge < -0.3 is 15.0 Å². The average Bonchev–Trinajstić information content (AvgIpc) is 2.61. The summed E-state index contributed by atoms with van der Waals surface area (Å²) in [5, 5.41) is 3.41. The number of rotatable bonds is 5. The number of nitrogens with zero attached hydrogens (tertiary/aromatic N) is 1. The Morgan fingerprint density at radius 3 is 2.48 bits per heavy atom. The number of ether oxygens (including phenoxy) is 1. The minimum atomic E-state index is 0.467. The molecular weight excluding hydrogens is 284 g/mol. The highest BCUT2D eigenvalue weighted by Crippen LogP contribution is 2.28. The van der Waals surface area contributed by atoms with Gasteiger partial charge in [0.2, 0.25) is 0 Å². The summed E-state index contributed by atoms with van der Waals surface area (Å²) < 4.78 is 6.17. The maximum Gasteiger partial charge on any atom is 0.123 e. The molecule has 0 amide bonds. The maximum atomic E-state index is 6.17. The molecule has 0 aliphatic carbocycles. The molecule has 3 rings (SSSR count). The highest BCUT2D eigenvalue weighted by molar-refractivity contribution is 5.54. The number of hydrogen-bond donors (Lipinski definition) is 1. The van der Waals surface area contributed by atoms with Crippen molar-refractivity contribution < 1.29 is 4.74 Å². The van der Waals surface area contributed by atoms with Gasteiger partial charge in [-0.1, -0.05) is 50.2 Å². The minimum Gasteiger partial charge on any atom is -0.489 e. The summed E-state index contributed by atoms with van der Waals surface area (Å²) in [6.45, 7) is 9.23. The predicted molar refractivity (Wildman–Crippen MR) is 96.4 cm³/mol. The molecule has 23 heavy (non-hydrogen) atoms. The first kappa shape index (κ1) is 15.9. The van der Waals surface area contributed by atoms with E-state index in [-0.39, 0.29) is 0 Å². The van der Waals surface area contributed by atoms with Gasteiger partial charge in [0.15, 0.2) is 0 Å². The fourth-order valence-electron chi connectivity index (χ4n) is 3.09. The molecule has 122 valence electrons. The highest BCUT2D eigenvalue weighted by atomic mass is 16.5. The number of anilines is 1. The first-order valence-electron chi connectivity index (χ1n) is 8.51. The third-order valence-corrected chi connectivity index (χ3v) is 4.37. The summed E-state index contributed by atoms with van der Waals surface area (Å²) in [5.41, 5.74) is 3.83. The Hall–Kier alpha value is -2.00. The van der Waals surface area contributed by atoms with E-state index < -0.39 is 0 Å². The van der Waals surface area contributed by atoms with Gasteiger partial charge >= 0.3 is 0 Å². The summed E-state index contributed by atoms with van der Waals surface area (Å²) in [6.07, 6.45) is 0. The van der Waals surface area contributed by atoms with Crippen molar-refractivity contribution in [2.24, 2.45) is 0 Å². The van der Waals surface area contributed by atoms with Crippen LogP contribution in [0, 0.1) is 0 Å². The summed E-state index contributed by atoms with van der Waals surface area (Å²) >= 11 is 0. The number of para-hydroxylation sites is 2. The lowest BCUT2D eigenvalue weighted by Gasteiger charge is -2.31. The summed E-state index contributed by atoms with van der Waals surface area (Å²) in [7, 11) is 0.